The number of benzene rings is 1. The lowest BCUT2D eigenvalue weighted by atomic mass is 10.1. The standard InChI is InChI=1S/C16H20N2O4/c1-10(11-4-5-14(20-2)15(7-11)21-3)18-16(19)12-6-13(8-17)22-9-12/h4-7,9-10H,8,17H2,1-3H3,(H,18,19). The molecule has 0 fully saturated rings. The fraction of sp³-hybridized carbons (Fsp3) is 0.312. The van der Waals surface area contributed by atoms with E-state index >= 15 is 0 Å². The zero-order valence-electron chi connectivity index (χ0n) is 12.9. The first-order chi connectivity index (χ1) is 10.6. The van der Waals surface area contributed by atoms with Crippen LogP contribution in [0.15, 0.2) is 34.9 Å². The average molecular weight is 304 g/mol. The molecule has 1 atom stereocenters. The van der Waals surface area contributed by atoms with Crippen LogP contribution in [0.4, 0.5) is 0 Å². The molecule has 1 heterocycles. The van der Waals surface area contributed by atoms with Crippen molar-refractivity contribution in [2.45, 2.75) is 19.5 Å². The number of hydrogen-bond acceptors (Lipinski definition) is 5. The second-order valence-corrected chi connectivity index (χ2v) is 4.82. The quantitative estimate of drug-likeness (QED) is 0.854. The molecule has 1 aromatic heterocycles. The second kappa shape index (κ2) is 7.00. The van der Waals surface area contributed by atoms with Crippen LogP contribution in [0, 0.1) is 0 Å². The van der Waals surface area contributed by atoms with Gasteiger partial charge >= 0.3 is 0 Å². The summed E-state index contributed by atoms with van der Waals surface area (Å²) in [6.45, 7) is 2.15. The number of carbonyl (C=O) groups excluding carboxylic acids is 1. The molecule has 1 aromatic carbocycles. The first-order valence-electron chi connectivity index (χ1n) is 6.89. The Morgan fingerprint density at radius 3 is 2.59 bits per heavy atom. The molecule has 0 aliphatic heterocycles. The van der Waals surface area contributed by atoms with E-state index < -0.39 is 0 Å². The van der Waals surface area contributed by atoms with Crippen molar-refractivity contribution in [2.75, 3.05) is 14.2 Å². The molecular weight excluding hydrogens is 284 g/mol. The van der Waals surface area contributed by atoms with Gasteiger partial charge in [-0.15, -0.1) is 0 Å². The van der Waals surface area contributed by atoms with Crippen LogP contribution >= 0.6 is 0 Å². The lowest BCUT2D eigenvalue weighted by molar-refractivity contribution is 0.0939. The van der Waals surface area contributed by atoms with Crippen molar-refractivity contribution in [3.8, 4) is 11.5 Å². The molecular formula is C16H20N2O4. The SMILES string of the molecule is COc1ccc(C(C)NC(=O)c2coc(CN)c2)cc1OC. The van der Waals surface area contributed by atoms with Gasteiger partial charge in [0.25, 0.3) is 5.91 Å². The maximum absolute atomic E-state index is 12.2. The highest BCUT2D eigenvalue weighted by atomic mass is 16.5. The smallest absolute Gasteiger partial charge is 0.255 e. The van der Waals surface area contributed by atoms with Gasteiger partial charge in [0, 0.05) is 0 Å². The molecule has 1 unspecified atom stereocenters. The predicted octanol–water partition coefficient (Wildman–Crippen LogP) is 2.25. The molecule has 6 nitrogen and oxygen atoms in total. The Morgan fingerprint density at radius 2 is 2.00 bits per heavy atom. The number of furan rings is 1. The molecule has 0 spiro atoms. The number of hydrogen-bond donors (Lipinski definition) is 2. The van der Waals surface area contributed by atoms with E-state index in [1.54, 1.807) is 26.4 Å². The summed E-state index contributed by atoms with van der Waals surface area (Å²) in [7, 11) is 3.15. The van der Waals surface area contributed by atoms with Gasteiger partial charge in [0.2, 0.25) is 0 Å². The number of nitrogens with one attached hydrogen (secondary N) is 1. The fourth-order valence-electron chi connectivity index (χ4n) is 2.09. The van der Waals surface area contributed by atoms with E-state index in [0.29, 0.717) is 22.8 Å². The average Bonchev–Trinajstić information content (AvgIpc) is 3.03. The number of methoxy groups -OCH3 is 2. The van der Waals surface area contributed by atoms with E-state index in [2.05, 4.69) is 5.32 Å². The molecule has 2 aromatic rings. The number of ether oxygens (including phenoxy) is 2. The third kappa shape index (κ3) is 3.40. The third-order valence-corrected chi connectivity index (χ3v) is 3.37. The van der Waals surface area contributed by atoms with Crippen molar-refractivity contribution in [3.63, 3.8) is 0 Å². The summed E-state index contributed by atoms with van der Waals surface area (Å²) >= 11 is 0. The first-order valence-corrected chi connectivity index (χ1v) is 6.89. The number of carbonyl (C=O) groups is 1. The van der Waals surface area contributed by atoms with E-state index in [1.807, 2.05) is 19.1 Å². The fourth-order valence-corrected chi connectivity index (χ4v) is 2.09. The highest BCUT2D eigenvalue weighted by Gasteiger charge is 2.15. The molecule has 0 bridgehead atoms. The molecule has 2 rings (SSSR count). The van der Waals surface area contributed by atoms with E-state index in [1.165, 1.54) is 6.26 Å². The van der Waals surface area contributed by atoms with E-state index in [0.717, 1.165) is 5.56 Å². The Kier molecular flexibility index (Phi) is 5.06. The lowest BCUT2D eigenvalue weighted by Crippen LogP contribution is -2.26. The second-order valence-electron chi connectivity index (χ2n) is 4.82. The zero-order valence-corrected chi connectivity index (χ0v) is 12.9. The summed E-state index contributed by atoms with van der Waals surface area (Å²) in [5.74, 6) is 1.62. The normalized spacial score (nSPS) is 11.8. The monoisotopic (exact) mass is 304 g/mol. The van der Waals surface area contributed by atoms with Crippen LogP contribution in [-0.2, 0) is 6.54 Å². The van der Waals surface area contributed by atoms with E-state index in [9.17, 15) is 4.79 Å². The molecule has 0 saturated carbocycles. The molecule has 0 aliphatic rings. The molecule has 0 saturated heterocycles. The maximum Gasteiger partial charge on any atom is 0.255 e. The van der Waals surface area contributed by atoms with Gasteiger partial charge in [-0.25, -0.2) is 0 Å². The molecule has 0 radical (unpaired) electrons. The minimum absolute atomic E-state index is 0.191. The number of nitrogens with two attached hydrogens (primary N) is 1. The van der Waals surface area contributed by atoms with Crippen LogP contribution in [0.25, 0.3) is 0 Å². The first kappa shape index (κ1) is 15.9. The highest BCUT2D eigenvalue weighted by Crippen LogP contribution is 2.29. The summed E-state index contributed by atoms with van der Waals surface area (Å²) in [5.41, 5.74) is 6.83. The Balaban J connectivity index is 2.11. The predicted molar refractivity (Wildman–Crippen MR) is 82.0 cm³/mol. The van der Waals surface area contributed by atoms with Gasteiger partial charge in [0.05, 0.1) is 32.4 Å². The topological polar surface area (TPSA) is 86.7 Å². The largest absolute Gasteiger partial charge is 0.493 e. The minimum Gasteiger partial charge on any atom is -0.493 e. The molecule has 0 aliphatic carbocycles. The van der Waals surface area contributed by atoms with E-state index in [-0.39, 0.29) is 18.5 Å². The molecule has 6 heteroatoms. The Bertz CT molecular complexity index is 651. The zero-order chi connectivity index (χ0) is 16.1. The molecule has 1 amide bonds. The van der Waals surface area contributed by atoms with Crippen LogP contribution in [0.2, 0.25) is 0 Å². The number of amides is 1. The van der Waals surface area contributed by atoms with Gasteiger partial charge in [-0.1, -0.05) is 6.07 Å². The lowest BCUT2D eigenvalue weighted by Gasteiger charge is -2.16. The van der Waals surface area contributed by atoms with Gasteiger partial charge in [-0.3, -0.25) is 4.79 Å². The van der Waals surface area contributed by atoms with Crippen molar-refractivity contribution in [1.29, 1.82) is 0 Å². The highest BCUT2D eigenvalue weighted by molar-refractivity contribution is 5.94. The van der Waals surface area contributed by atoms with Gasteiger partial charge in [-0.05, 0) is 30.7 Å². The third-order valence-electron chi connectivity index (χ3n) is 3.37. The van der Waals surface area contributed by atoms with Crippen LogP contribution in [0.1, 0.15) is 34.6 Å². The van der Waals surface area contributed by atoms with Crippen molar-refractivity contribution < 1.29 is 18.7 Å². The van der Waals surface area contributed by atoms with Crippen molar-refractivity contribution in [2.24, 2.45) is 5.73 Å². The summed E-state index contributed by atoms with van der Waals surface area (Å²) in [4.78, 5) is 12.2. The maximum atomic E-state index is 12.2. The Labute approximate surface area is 129 Å². The van der Waals surface area contributed by atoms with Crippen molar-refractivity contribution >= 4 is 5.91 Å². The summed E-state index contributed by atoms with van der Waals surface area (Å²) < 4.78 is 15.6. The van der Waals surface area contributed by atoms with Crippen molar-refractivity contribution in [1.82, 2.24) is 5.32 Å². The molecule has 118 valence electrons. The van der Waals surface area contributed by atoms with Gasteiger partial charge in [0.1, 0.15) is 12.0 Å². The summed E-state index contributed by atoms with van der Waals surface area (Å²) in [6.07, 6.45) is 1.40. The van der Waals surface area contributed by atoms with Crippen LogP contribution in [-0.4, -0.2) is 20.1 Å². The van der Waals surface area contributed by atoms with Gasteiger partial charge < -0.3 is 24.9 Å². The van der Waals surface area contributed by atoms with Crippen LogP contribution in [0.5, 0.6) is 11.5 Å². The van der Waals surface area contributed by atoms with Crippen molar-refractivity contribution in [3.05, 3.63) is 47.4 Å². The Hall–Kier alpha value is -2.47. The van der Waals surface area contributed by atoms with Crippen LogP contribution in [0.3, 0.4) is 0 Å². The van der Waals surface area contributed by atoms with Gasteiger partial charge in [0.15, 0.2) is 11.5 Å². The molecule has 22 heavy (non-hydrogen) atoms. The number of rotatable bonds is 6. The van der Waals surface area contributed by atoms with Gasteiger partial charge in [-0.2, -0.15) is 0 Å². The Morgan fingerprint density at radius 1 is 1.27 bits per heavy atom. The summed E-state index contributed by atoms with van der Waals surface area (Å²) in [5, 5.41) is 2.90. The van der Waals surface area contributed by atoms with E-state index in [4.69, 9.17) is 19.6 Å². The summed E-state index contributed by atoms with van der Waals surface area (Å²) in [6, 6.07) is 6.97. The molecule has 3 N–H and O–H groups in total. The minimum atomic E-state index is -0.217. The van der Waals surface area contributed by atoms with Crippen LogP contribution < -0.4 is 20.5 Å².